The highest BCUT2D eigenvalue weighted by atomic mass is 32.2. The standard InChI is InChI=1S/C10H14O4S/c1-7(4-11)5-15-6-8-2-3-9(14-8)10(12)13/h2-3,7,11H,4-6H2,1H3,(H,12,13). The highest BCUT2D eigenvalue weighted by molar-refractivity contribution is 7.98. The molecule has 0 aliphatic heterocycles. The van der Waals surface area contributed by atoms with Crippen LogP contribution in [0.3, 0.4) is 0 Å². The lowest BCUT2D eigenvalue weighted by Gasteiger charge is -2.05. The Hall–Kier alpha value is -0.940. The first-order chi connectivity index (χ1) is 7.13. The van der Waals surface area contributed by atoms with E-state index >= 15 is 0 Å². The minimum atomic E-state index is -1.05. The summed E-state index contributed by atoms with van der Waals surface area (Å²) in [6.45, 7) is 2.13. The number of aromatic carboxylic acids is 1. The summed E-state index contributed by atoms with van der Waals surface area (Å²) in [5, 5.41) is 17.4. The maximum Gasteiger partial charge on any atom is 0.371 e. The van der Waals surface area contributed by atoms with Gasteiger partial charge in [-0.2, -0.15) is 11.8 Å². The van der Waals surface area contributed by atoms with E-state index in [1.165, 1.54) is 6.07 Å². The normalized spacial score (nSPS) is 12.7. The van der Waals surface area contributed by atoms with Crippen LogP contribution in [0.2, 0.25) is 0 Å². The van der Waals surface area contributed by atoms with Gasteiger partial charge in [0.15, 0.2) is 0 Å². The zero-order chi connectivity index (χ0) is 11.3. The average Bonchev–Trinajstić information content (AvgIpc) is 2.66. The quantitative estimate of drug-likeness (QED) is 0.780. The molecule has 0 fully saturated rings. The number of aliphatic hydroxyl groups is 1. The van der Waals surface area contributed by atoms with Crippen molar-refractivity contribution < 1.29 is 19.4 Å². The van der Waals surface area contributed by atoms with E-state index in [0.717, 1.165) is 5.75 Å². The zero-order valence-corrected chi connectivity index (χ0v) is 9.29. The van der Waals surface area contributed by atoms with Gasteiger partial charge in [0.05, 0.1) is 5.75 Å². The van der Waals surface area contributed by atoms with Gasteiger partial charge in [-0.1, -0.05) is 6.92 Å². The molecule has 84 valence electrons. The fourth-order valence-electron chi connectivity index (χ4n) is 0.984. The molecular formula is C10H14O4S. The third kappa shape index (κ3) is 3.97. The van der Waals surface area contributed by atoms with E-state index in [1.54, 1.807) is 17.8 Å². The van der Waals surface area contributed by atoms with Crippen molar-refractivity contribution in [3.8, 4) is 0 Å². The summed E-state index contributed by atoms with van der Waals surface area (Å²) in [5.74, 6) is 1.30. The Morgan fingerprint density at radius 1 is 1.60 bits per heavy atom. The molecule has 1 aromatic heterocycles. The van der Waals surface area contributed by atoms with Crippen LogP contribution in [0.4, 0.5) is 0 Å². The molecule has 0 aromatic carbocycles. The molecule has 1 rings (SSSR count). The smallest absolute Gasteiger partial charge is 0.371 e. The van der Waals surface area contributed by atoms with E-state index in [1.807, 2.05) is 6.92 Å². The van der Waals surface area contributed by atoms with Crippen molar-refractivity contribution in [1.82, 2.24) is 0 Å². The van der Waals surface area contributed by atoms with Crippen molar-refractivity contribution in [3.05, 3.63) is 23.7 Å². The molecule has 0 saturated carbocycles. The predicted octanol–water partition coefficient (Wildman–Crippen LogP) is 1.84. The second-order valence-electron chi connectivity index (χ2n) is 3.37. The van der Waals surface area contributed by atoms with Crippen molar-refractivity contribution in [2.75, 3.05) is 12.4 Å². The molecule has 0 spiro atoms. The Kier molecular flexibility index (Phi) is 4.71. The number of hydrogen-bond donors (Lipinski definition) is 2. The summed E-state index contributed by atoms with van der Waals surface area (Å²) in [6.07, 6.45) is 0. The van der Waals surface area contributed by atoms with Crippen LogP contribution in [0.15, 0.2) is 16.5 Å². The van der Waals surface area contributed by atoms with Crippen molar-refractivity contribution in [1.29, 1.82) is 0 Å². The van der Waals surface area contributed by atoms with Gasteiger partial charge in [0.2, 0.25) is 5.76 Å². The summed E-state index contributed by atoms with van der Waals surface area (Å²) in [7, 11) is 0. The highest BCUT2D eigenvalue weighted by Crippen LogP contribution is 2.17. The van der Waals surface area contributed by atoms with Gasteiger partial charge >= 0.3 is 5.97 Å². The number of thioether (sulfide) groups is 1. The van der Waals surface area contributed by atoms with Gasteiger partial charge in [-0.3, -0.25) is 0 Å². The van der Waals surface area contributed by atoms with Crippen LogP contribution in [0, 0.1) is 5.92 Å². The van der Waals surface area contributed by atoms with E-state index in [2.05, 4.69) is 0 Å². The molecule has 1 aromatic rings. The highest BCUT2D eigenvalue weighted by Gasteiger charge is 2.09. The van der Waals surface area contributed by atoms with Crippen LogP contribution in [-0.4, -0.2) is 28.5 Å². The average molecular weight is 230 g/mol. The topological polar surface area (TPSA) is 70.7 Å². The maximum atomic E-state index is 10.5. The first-order valence-corrected chi connectivity index (χ1v) is 5.79. The molecule has 5 heteroatoms. The summed E-state index contributed by atoms with van der Waals surface area (Å²) in [5.41, 5.74) is 0. The van der Waals surface area contributed by atoms with Crippen molar-refractivity contribution in [2.45, 2.75) is 12.7 Å². The van der Waals surface area contributed by atoms with E-state index in [-0.39, 0.29) is 18.3 Å². The Bertz CT molecular complexity index is 321. The van der Waals surface area contributed by atoms with Gasteiger partial charge in [-0.15, -0.1) is 0 Å². The molecule has 1 unspecified atom stereocenters. The molecule has 0 amide bonds. The molecule has 2 N–H and O–H groups in total. The van der Waals surface area contributed by atoms with E-state index < -0.39 is 5.97 Å². The second-order valence-corrected chi connectivity index (χ2v) is 4.40. The molecule has 4 nitrogen and oxygen atoms in total. The third-order valence-corrected chi connectivity index (χ3v) is 3.12. The van der Waals surface area contributed by atoms with Gasteiger partial charge in [0.1, 0.15) is 5.76 Å². The van der Waals surface area contributed by atoms with Gasteiger partial charge in [0, 0.05) is 6.61 Å². The molecule has 1 heterocycles. The molecule has 0 aliphatic carbocycles. The Morgan fingerprint density at radius 2 is 2.33 bits per heavy atom. The molecule has 15 heavy (non-hydrogen) atoms. The number of carboxylic acids is 1. The monoisotopic (exact) mass is 230 g/mol. The van der Waals surface area contributed by atoms with Crippen LogP contribution >= 0.6 is 11.8 Å². The summed E-state index contributed by atoms with van der Waals surface area (Å²) >= 11 is 1.62. The number of aliphatic hydroxyl groups excluding tert-OH is 1. The first-order valence-electron chi connectivity index (χ1n) is 4.64. The SMILES string of the molecule is CC(CO)CSCc1ccc(C(=O)O)o1. The minimum absolute atomic E-state index is 0.0270. The third-order valence-electron chi connectivity index (χ3n) is 1.83. The van der Waals surface area contributed by atoms with Gasteiger partial charge in [-0.05, 0) is 23.8 Å². The van der Waals surface area contributed by atoms with Gasteiger partial charge in [0.25, 0.3) is 0 Å². The molecule has 0 radical (unpaired) electrons. The zero-order valence-electron chi connectivity index (χ0n) is 8.47. The van der Waals surface area contributed by atoms with Gasteiger partial charge in [-0.25, -0.2) is 4.79 Å². The number of rotatable bonds is 6. The Labute approximate surface area is 92.3 Å². The lowest BCUT2D eigenvalue weighted by molar-refractivity contribution is 0.0661. The van der Waals surface area contributed by atoms with Crippen molar-refractivity contribution >= 4 is 17.7 Å². The summed E-state index contributed by atoms with van der Waals surface area (Å²) in [4.78, 5) is 10.5. The van der Waals surface area contributed by atoms with Crippen LogP contribution in [0.5, 0.6) is 0 Å². The van der Waals surface area contributed by atoms with E-state index in [0.29, 0.717) is 11.5 Å². The fourth-order valence-corrected chi connectivity index (χ4v) is 1.97. The van der Waals surface area contributed by atoms with Crippen LogP contribution in [-0.2, 0) is 5.75 Å². The second kappa shape index (κ2) is 5.82. The van der Waals surface area contributed by atoms with Crippen molar-refractivity contribution in [2.24, 2.45) is 5.92 Å². The largest absolute Gasteiger partial charge is 0.475 e. The lowest BCUT2D eigenvalue weighted by Crippen LogP contribution is -2.03. The van der Waals surface area contributed by atoms with Crippen molar-refractivity contribution in [3.63, 3.8) is 0 Å². The number of carbonyl (C=O) groups is 1. The Balaban J connectivity index is 2.35. The van der Waals surface area contributed by atoms with Crippen LogP contribution < -0.4 is 0 Å². The predicted molar refractivity (Wildman–Crippen MR) is 58.1 cm³/mol. The maximum absolute atomic E-state index is 10.5. The van der Waals surface area contributed by atoms with Crippen LogP contribution in [0.1, 0.15) is 23.2 Å². The van der Waals surface area contributed by atoms with Gasteiger partial charge < -0.3 is 14.6 Å². The molecule has 1 atom stereocenters. The van der Waals surface area contributed by atoms with E-state index in [4.69, 9.17) is 14.6 Å². The minimum Gasteiger partial charge on any atom is -0.475 e. The number of hydrogen-bond acceptors (Lipinski definition) is 4. The molecule has 0 bridgehead atoms. The lowest BCUT2D eigenvalue weighted by atomic mass is 10.2. The number of carboxylic acid groups (broad SMARTS) is 1. The number of furan rings is 1. The molecule has 0 saturated heterocycles. The Morgan fingerprint density at radius 3 is 2.87 bits per heavy atom. The summed E-state index contributed by atoms with van der Waals surface area (Å²) < 4.78 is 5.08. The van der Waals surface area contributed by atoms with E-state index in [9.17, 15) is 4.79 Å². The first kappa shape index (κ1) is 12.1. The molecular weight excluding hydrogens is 216 g/mol. The summed E-state index contributed by atoms with van der Waals surface area (Å²) in [6, 6.07) is 3.12. The van der Waals surface area contributed by atoms with Crippen LogP contribution in [0.25, 0.3) is 0 Å². The fraction of sp³-hybridized carbons (Fsp3) is 0.500. The molecule has 0 aliphatic rings.